The van der Waals surface area contributed by atoms with E-state index in [4.69, 9.17) is 0 Å². The van der Waals surface area contributed by atoms with Crippen LogP contribution >= 0.6 is 0 Å². The summed E-state index contributed by atoms with van der Waals surface area (Å²) in [6.07, 6.45) is -1.86. The first-order chi connectivity index (χ1) is 13.3. The summed E-state index contributed by atoms with van der Waals surface area (Å²) >= 11 is 0. The summed E-state index contributed by atoms with van der Waals surface area (Å²) in [6, 6.07) is 4.66. The summed E-state index contributed by atoms with van der Waals surface area (Å²) in [7, 11) is 0. The van der Waals surface area contributed by atoms with Gasteiger partial charge in [-0.15, -0.1) is 0 Å². The Labute approximate surface area is 157 Å². The first kappa shape index (κ1) is 18.6. The summed E-state index contributed by atoms with van der Waals surface area (Å²) in [6.45, 7) is 2.55. The number of benzene rings is 1. The summed E-state index contributed by atoms with van der Waals surface area (Å²) in [5, 5.41) is 15.3. The minimum Gasteiger partial charge on any atom is -0.314 e. The molecule has 0 saturated carbocycles. The summed E-state index contributed by atoms with van der Waals surface area (Å²) in [4.78, 5) is 17.3. The van der Waals surface area contributed by atoms with Gasteiger partial charge < -0.3 is 5.21 Å². The Balaban J connectivity index is 1.81. The molecule has 1 aliphatic heterocycles. The van der Waals surface area contributed by atoms with Gasteiger partial charge in [0.05, 0.1) is 16.9 Å². The normalized spacial score (nSPS) is 16.8. The fraction of sp³-hybridized carbons (Fsp3) is 0.389. The van der Waals surface area contributed by atoms with Crippen LogP contribution in [0.3, 0.4) is 0 Å². The topological polar surface area (TPSA) is 76.2 Å². The molecule has 3 heterocycles. The first-order valence-electron chi connectivity index (χ1n) is 8.83. The number of hydrogen-bond donors (Lipinski definition) is 1. The van der Waals surface area contributed by atoms with Crippen molar-refractivity contribution in [1.29, 1.82) is 0 Å². The average Bonchev–Trinajstić information content (AvgIpc) is 3.00. The van der Waals surface area contributed by atoms with Gasteiger partial charge in [0.2, 0.25) is 0 Å². The quantitative estimate of drug-likeness (QED) is 0.725. The van der Waals surface area contributed by atoms with Crippen molar-refractivity contribution >= 4 is 11.0 Å². The van der Waals surface area contributed by atoms with Crippen LogP contribution in [0.25, 0.3) is 16.7 Å². The van der Waals surface area contributed by atoms with E-state index in [-0.39, 0.29) is 28.3 Å². The minimum absolute atomic E-state index is 0.0934. The van der Waals surface area contributed by atoms with E-state index in [9.17, 15) is 23.2 Å². The number of nitrogens with zero attached hydrogens (tertiary/aromatic N) is 5. The molecule has 1 aliphatic rings. The van der Waals surface area contributed by atoms with E-state index in [1.807, 2.05) is 0 Å². The molecule has 3 aromatic rings. The zero-order valence-electron chi connectivity index (χ0n) is 15.0. The molecule has 0 amide bonds. The highest BCUT2D eigenvalue weighted by Crippen LogP contribution is 2.31. The molecule has 0 aliphatic carbocycles. The molecule has 7 nitrogen and oxygen atoms in total. The van der Waals surface area contributed by atoms with Crippen LogP contribution < -0.4 is 5.56 Å². The number of rotatable bonds is 2. The molecular weight excluding hydrogens is 375 g/mol. The maximum absolute atomic E-state index is 13.0. The van der Waals surface area contributed by atoms with Crippen molar-refractivity contribution in [3.05, 3.63) is 52.2 Å². The van der Waals surface area contributed by atoms with Gasteiger partial charge in [-0.25, -0.2) is 9.67 Å². The van der Waals surface area contributed by atoms with Gasteiger partial charge in [-0.1, -0.05) is 6.07 Å². The van der Waals surface area contributed by atoms with E-state index >= 15 is 0 Å². The molecule has 0 spiro atoms. The van der Waals surface area contributed by atoms with E-state index in [1.165, 1.54) is 32.8 Å². The van der Waals surface area contributed by atoms with Gasteiger partial charge in [0, 0.05) is 19.1 Å². The SMILES string of the molecule is Cc1nn(-c2cccc(C(F)(F)F)c2)c2ncn(C3CCN(O)CC3)c(=O)c12. The highest BCUT2D eigenvalue weighted by atomic mass is 19.4. The number of alkyl halides is 3. The molecule has 0 bridgehead atoms. The monoisotopic (exact) mass is 393 g/mol. The molecular formula is C18H18F3N5O2. The van der Waals surface area contributed by atoms with Crippen molar-refractivity contribution in [3.63, 3.8) is 0 Å². The van der Waals surface area contributed by atoms with Crippen LogP contribution in [0.2, 0.25) is 0 Å². The lowest BCUT2D eigenvalue weighted by atomic mass is 10.1. The van der Waals surface area contributed by atoms with Crippen molar-refractivity contribution in [1.82, 2.24) is 24.4 Å². The maximum Gasteiger partial charge on any atom is 0.416 e. The number of halogens is 3. The maximum atomic E-state index is 13.0. The lowest BCUT2D eigenvalue weighted by Gasteiger charge is -2.28. The van der Waals surface area contributed by atoms with Crippen LogP contribution in [-0.4, -0.2) is 42.7 Å². The van der Waals surface area contributed by atoms with Crippen molar-refractivity contribution in [2.24, 2.45) is 0 Å². The molecule has 0 unspecified atom stereocenters. The average molecular weight is 393 g/mol. The fourth-order valence-corrected chi connectivity index (χ4v) is 3.57. The molecule has 0 atom stereocenters. The molecule has 148 valence electrons. The van der Waals surface area contributed by atoms with E-state index in [0.717, 1.165) is 12.1 Å². The van der Waals surface area contributed by atoms with Crippen LogP contribution in [0.15, 0.2) is 35.4 Å². The predicted molar refractivity (Wildman–Crippen MR) is 94.5 cm³/mol. The second-order valence-corrected chi connectivity index (χ2v) is 6.89. The van der Waals surface area contributed by atoms with E-state index in [0.29, 0.717) is 31.6 Å². The van der Waals surface area contributed by atoms with Crippen LogP contribution in [-0.2, 0) is 6.18 Å². The molecule has 1 N–H and O–H groups in total. The number of fused-ring (bicyclic) bond motifs is 1. The van der Waals surface area contributed by atoms with E-state index < -0.39 is 11.7 Å². The summed E-state index contributed by atoms with van der Waals surface area (Å²) in [5.41, 5.74) is -0.268. The lowest BCUT2D eigenvalue weighted by Crippen LogP contribution is -2.35. The standard InChI is InChI=1S/C18H18F3N5O2/c1-11-15-16(22-10-25(17(15)27)13-5-7-24(28)8-6-13)26(23-11)14-4-2-3-12(9-14)18(19,20)21/h2-4,9-10,13,28H,5-8H2,1H3. The van der Waals surface area contributed by atoms with E-state index in [1.54, 1.807) is 6.92 Å². The van der Waals surface area contributed by atoms with Gasteiger partial charge >= 0.3 is 6.18 Å². The highest BCUT2D eigenvalue weighted by molar-refractivity contribution is 5.78. The summed E-state index contributed by atoms with van der Waals surface area (Å²) in [5.74, 6) is 0. The van der Waals surface area contributed by atoms with Crippen molar-refractivity contribution in [2.75, 3.05) is 13.1 Å². The van der Waals surface area contributed by atoms with Gasteiger partial charge in [-0.2, -0.15) is 23.3 Å². The third kappa shape index (κ3) is 3.18. The van der Waals surface area contributed by atoms with Crippen molar-refractivity contribution in [2.45, 2.75) is 32.0 Å². The van der Waals surface area contributed by atoms with Gasteiger partial charge in [0.15, 0.2) is 5.65 Å². The molecule has 1 saturated heterocycles. The Hall–Kier alpha value is -2.72. The van der Waals surface area contributed by atoms with Crippen LogP contribution in [0.5, 0.6) is 0 Å². The van der Waals surface area contributed by atoms with Gasteiger partial charge in [-0.05, 0) is 38.0 Å². The Morgan fingerprint density at radius 3 is 2.61 bits per heavy atom. The molecule has 28 heavy (non-hydrogen) atoms. The molecule has 2 aromatic heterocycles. The van der Waals surface area contributed by atoms with Crippen LogP contribution in [0.1, 0.15) is 30.1 Å². The molecule has 0 radical (unpaired) electrons. The van der Waals surface area contributed by atoms with Gasteiger partial charge in [0.1, 0.15) is 11.7 Å². The molecule has 4 rings (SSSR count). The van der Waals surface area contributed by atoms with Crippen LogP contribution in [0.4, 0.5) is 13.2 Å². The Morgan fingerprint density at radius 2 is 1.93 bits per heavy atom. The second-order valence-electron chi connectivity index (χ2n) is 6.89. The molecule has 1 aromatic carbocycles. The number of piperidine rings is 1. The molecule has 10 heteroatoms. The third-order valence-electron chi connectivity index (χ3n) is 5.04. The third-order valence-corrected chi connectivity index (χ3v) is 5.04. The Bertz CT molecular complexity index is 1080. The fourth-order valence-electron chi connectivity index (χ4n) is 3.57. The number of hydroxylamine groups is 2. The number of aryl methyl sites for hydroxylation is 1. The van der Waals surface area contributed by atoms with Crippen LogP contribution in [0, 0.1) is 6.92 Å². The van der Waals surface area contributed by atoms with Gasteiger partial charge in [-0.3, -0.25) is 9.36 Å². The minimum atomic E-state index is -4.48. The summed E-state index contributed by atoms with van der Waals surface area (Å²) < 4.78 is 41.9. The molecule has 1 fully saturated rings. The predicted octanol–water partition coefficient (Wildman–Crippen LogP) is 2.94. The Morgan fingerprint density at radius 1 is 1.21 bits per heavy atom. The zero-order chi connectivity index (χ0) is 20.1. The second kappa shape index (κ2) is 6.71. The lowest BCUT2D eigenvalue weighted by molar-refractivity contribution is -0.137. The van der Waals surface area contributed by atoms with Crippen molar-refractivity contribution in [3.8, 4) is 5.69 Å². The smallest absolute Gasteiger partial charge is 0.314 e. The zero-order valence-corrected chi connectivity index (χ0v) is 15.0. The van der Waals surface area contributed by atoms with E-state index in [2.05, 4.69) is 10.1 Å². The number of aromatic nitrogens is 4. The van der Waals surface area contributed by atoms with Crippen molar-refractivity contribution < 1.29 is 18.4 Å². The van der Waals surface area contributed by atoms with Gasteiger partial charge in [0.25, 0.3) is 5.56 Å². The highest BCUT2D eigenvalue weighted by Gasteiger charge is 2.31. The first-order valence-corrected chi connectivity index (χ1v) is 8.83. The largest absolute Gasteiger partial charge is 0.416 e. The number of hydrogen-bond acceptors (Lipinski definition) is 5. The Kier molecular flexibility index (Phi) is 4.47.